The fourth-order valence-corrected chi connectivity index (χ4v) is 1.84. The van der Waals surface area contributed by atoms with Gasteiger partial charge in [-0.1, -0.05) is 12.2 Å². The van der Waals surface area contributed by atoms with Gasteiger partial charge in [0, 0.05) is 12.0 Å². The van der Waals surface area contributed by atoms with Crippen LogP contribution in [0.1, 0.15) is 6.42 Å². The van der Waals surface area contributed by atoms with E-state index in [2.05, 4.69) is 12.2 Å². The molecule has 0 amide bonds. The Hall–Kier alpha value is -0.340. The van der Waals surface area contributed by atoms with Gasteiger partial charge in [0.05, 0.1) is 6.10 Å². The Labute approximate surface area is 54.4 Å². The van der Waals surface area contributed by atoms with Gasteiger partial charge in [-0.15, -0.1) is 0 Å². The van der Waals surface area contributed by atoms with Crippen molar-refractivity contribution in [1.29, 1.82) is 0 Å². The zero-order valence-electron chi connectivity index (χ0n) is 5.20. The van der Waals surface area contributed by atoms with Crippen molar-refractivity contribution in [2.24, 2.45) is 17.6 Å². The smallest absolute Gasteiger partial charge is 0.0734 e. The molecule has 3 N–H and O–H groups in total. The average Bonchev–Trinajstić information content (AvgIpc) is 2.30. The number of hydrogen-bond acceptors (Lipinski definition) is 2. The molecular weight excluding hydrogens is 114 g/mol. The highest BCUT2D eigenvalue weighted by Crippen LogP contribution is 2.41. The van der Waals surface area contributed by atoms with Crippen LogP contribution in [0.2, 0.25) is 0 Å². The van der Waals surface area contributed by atoms with Crippen LogP contribution in [0.15, 0.2) is 12.2 Å². The molecule has 50 valence electrons. The van der Waals surface area contributed by atoms with Crippen molar-refractivity contribution in [2.45, 2.75) is 18.6 Å². The Bertz CT molecular complexity index is 155. The molecule has 2 rings (SSSR count). The van der Waals surface area contributed by atoms with E-state index in [9.17, 15) is 5.11 Å². The summed E-state index contributed by atoms with van der Waals surface area (Å²) in [4.78, 5) is 0. The second-order valence-corrected chi connectivity index (χ2v) is 2.97. The van der Waals surface area contributed by atoms with Gasteiger partial charge in [0.15, 0.2) is 0 Å². The summed E-state index contributed by atoms with van der Waals surface area (Å²) in [6.45, 7) is 0. The van der Waals surface area contributed by atoms with Crippen LogP contribution in [0.4, 0.5) is 0 Å². The molecule has 9 heavy (non-hydrogen) atoms. The minimum Gasteiger partial charge on any atom is -0.391 e. The molecule has 0 spiro atoms. The van der Waals surface area contributed by atoms with Crippen LogP contribution < -0.4 is 5.73 Å². The van der Waals surface area contributed by atoms with E-state index in [0.717, 1.165) is 6.42 Å². The van der Waals surface area contributed by atoms with Crippen molar-refractivity contribution < 1.29 is 5.11 Å². The van der Waals surface area contributed by atoms with Crippen molar-refractivity contribution >= 4 is 0 Å². The van der Waals surface area contributed by atoms with Gasteiger partial charge in [-0.05, 0) is 12.3 Å². The lowest BCUT2D eigenvalue weighted by Crippen LogP contribution is -2.58. The molecule has 0 aromatic heterocycles. The second kappa shape index (κ2) is 1.58. The van der Waals surface area contributed by atoms with Crippen LogP contribution in [-0.4, -0.2) is 17.3 Å². The van der Waals surface area contributed by atoms with E-state index in [1.165, 1.54) is 0 Å². The number of hydrogen-bond donors (Lipinski definition) is 2. The summed E-state index contributed by atoms with van der Waals surface area (Å²) in [6.07, 6.45) is 5.04. The normalized spacial score (nSPS) is 54.9. The third-order valence-electron chi connectivity index (χ3n) is 2.54. The zero-order valence-corrected chi connectivity index (χ0v) is 5.20. The molecule has 2 nitrogen and oxygen atoms in total. The fourth-order valence-electron chi connectivity index (χ4n) is 1.84. The van der Waals surface area contributed by atoms with Gasteiger partial charge in [0.2, 0.25) is 0 Å². The lowest BCUT2D eigenvalue weighted by molar-refractivity contribution is -0.0276. The number of nitrogens with two attached hydrogens (primary N) is 1. The Kier molecular flexibility index (Phi) is 0.957. The maximum atomic E-state index is 9.22. The third kappa shape index (κ3) is 0.523. The first kappa shape index (κ1) is 5.45. The summed E-state index contributed by atoms with van der Waals surface area (Å²) >= 11 is 0. The van der Waals surface area contributed by atoms with Crippen LogP contribution in [0.3, 0.4) is 0 Å². The van der Waals surface area contributed by atoms with Crippen molar-refractivity contribution in [3.8, 4) is 0 Å². The second-order valence-electron chi connectivity index (χ2n) is 2.97. The first-order valence-corrected chi connectivity index (χ1v) is 3.41. The van der Waals surface area contributed by atoms with Crippen molar-refractivity contribution in [3.63, 3.8) is 0 Å². The number of fused-ring (bicyclic) bond motifs is 1. The molecule has 0 saturated heterocycles. The number of rotatable bonds is 0. The van der Waals surface area contributed by atoms with Gasteiger partial charge in [0.1, 0.15) is 0 Å². The lowest BCUT2D eigenvalue weighted by atomic mass is 9.69. The van der Waals surface area contributed by atoms with Gasteiger partial charge < -0.3 is 10.8 Å². The molecule has 1 saturated carbocycles. The van der Waals surface area contributed by atoms with Crippen LogP contribution in [-0.2, 0) is 0 Å². The topological polar surface area (TPSA) is 46.2 Å². The van der Waals surface area contributed by atoms with Gasteiger partial charge in [-0.2, -0.15) is 0 Å². The summed E-state index contributed by atoms with van der Waals surface area (Å²) in [5, 5.41) is 9.22. The largest absolute Gasteiger partial charge is 0.391 e. The van der Waals surface area contributed by atoms with Gasteiger partial charge in [-0.25, -0.2) is 0 Å². The molecule has 0 radical (unpaired) electrons. The number of allylic oxidation sites excluding steroid dienone is 1. The highest BCUT2D eigenvalue weighted by atomic mass is 16.3. The molecule has 0 aliphatic heterocycles. The SMILES string of the molecule is N[C@H]1[C@@H](O)[C@H]2CC=C[C@@H]12. The quantitative estimate of drug-likeness (QED) is 0.443. The predicted octanol–water partition coefficient (Wildman–Crippen LogP) is -0.120. The number of aliphatic hydroxyl groups excluding tert-OH is 1. The summed E-state index contributed by atoms with van der Waals surface area (Å²) in [5.41, 5.74) is 5.61. The maximum absolute atomic E-state index is 9.22. The first-order valence-electron chi connectivity index (χ1n) is 3.41. The lowest BCUT2D eigenvalue weighted by Gasteiger charge is -2.43. The minimum absolute atomic E-state index is 0.0220. The molecule has 0 aromatic carbocycles. The van der Waals surface area contributed by atoms with Crippen LogP contribution in [0, 0.1) is 11.8 Å². The summed E-state index contributed by atoms with van der Waals surface area (Å²) in [6, 6.07) is 0.0220. The standard InChI is InChI=1S/C7H11NO/c8-6-4-2-1-3-5(4)7(6)9/h1-2,4-7,9H,3,8H2/t4-,5+,6-,7+/m1/s1. The molecule has 1 fully saturated rings. The highest BCUT2D eigenvalue weighted by Gasteiger charge is 2.47. The third-order valence-corrected chi connectivity index (χ3v) is 2.54. The molecule has 2 aliphatic carbocycles. The van der Waals surface area contributed by atoms with Gasteiger partial charge in [0.25, 0.3) is 0 Å². The first-order chi connectivity index (χ1) is 4.30. The van der Waals surface area contributed by atoms with Crippen LogP contribution in [0.25, 0.3) is 0 Å². The summed E-state index contributed by atoms with van der Waals surface area (Å²) in [7, 11) is 0. The van der Waals surface area contributed by atoms with Crippen LogP contribution in [0.5, 0.6) is 0 Å². The average molecular weight is 125 g/mol. The molecule has 4 atom stereocenters. The van der Waals surface area contributed by atoms with Crippen molar-refractivity contribution in [2.75, 3.05) is 0 Å². The van der Waals surface area contributed by atoms with E-state index in [1.807, 2.05) is 0 Å². The summed E-state index contributed by atoms with van der Waals surface area (Å²) < 4.78 is 0. The predicted molar refractivity (Wildman–Crippen MR) is 34.7 cm³/mol. The molecule has 2 aliphatic rings. The van der Waals surface area contributed by atoms with Gasteiger partial charge in [-0.3, -0.25) is 0 Å². The van der Waals surface area contributed by atoms with Crippen LogP contribution >= 0.6 is 0 Å². The van der Waals surface area contributed by atoms with E-state index < -0.39 is 0 Å². The van der Waals surface area contributed by atoms with E-state index >= 15 is 0 Å². The van der Waals surface area contributed by atoms with Crippen molar-refractivity contribution in [3.05, 3.63) is 12.2 Å². The molecule has 0 bridgehead atoms. The minimum atomic E-state index is -0.231. The Morgan fingerprint density at radius 3 is 3.00 bits per heavy atom. The monoisotopic (exact) mass is 125 g/mol. The summed E-state index contributed by atoms with van der Waals surface area (Å²) in [5.74, 6) is 0.944. The Morgan fingerprint density at radius 2 is 2.33 bits per heavy atom. The van der Waals surface area contributed by atoms with Crippen molar-refractivity contribution in [1.82, 2.24) is 0 Å². The molecule has 2 heteroatoms. The highest BCUT2D eigenvalue weighted by molar-refractivity contribution is 5.16. The Morgan fingerprint density at radius 1 is 1.56 bits per heavy atom. The van der Waals surface area contributed by atoms with Gasteiger partial charge >= 0.3 is 0 Å². The molecule has 0 heterocycles. The molecular formula is C7H11NO. The Balaban J connectivity index is 2.12. The number of aliphatic hydroxyl groups is 1. The van der Waals surface area contributed by atoms with E-state index in [1.54, 1.807) is 0 Å². The molecule has 0 unspecified atom stereocenters. The van der Waals surface area contributed by atoms with E-state index in [4.69, 9.17) is 5.73 Å². The fraction of sp³-hybridized carbons (Fsp3) is 0.714. The van der Waals surface area contributed by atoms with E-state index in [-0.39, 0.29) is 12.1 Å². The molecule has 0 aromatic rings. The van der Waals surface area contributed by atoms with E-state index in [0.29, 0.717) is 11.8 Å². The zero-order chi connectivity index (χ0) is 6.43. The maximum Gasteiger partial charge on any atom is 0.0734 e.